The molecule has 1 aromatic carbocycles. The van der Waals surface area contributed by atoms with E-state index in [-0.39, 0.29) is 11.7 Å². The second kappa shape index (κ2) is 3.84. The van der Waals surface area contributed by atoms with Gasteiger partial charge in [0.25, 0.3) is 0 Å². The van der Waals surface area contributed by atoms with E-state index in [0.717, 1.165) is 11.3 Å². The summed E-state index contributed by atoms with van der Waals surface area (Å²) < 4.78 is 17.9. The van der Waals surface area contributed by atoms with E-state index < -0.39 is 0 Å². The fourth-order valence-corrected chi connectivity index (χ4v) is 1.51. The van der Waals surface area contributed by atoms with Crippen LogP contribution >= 0.6 is 0 Å². The molecule has 0 aliphatic heterocycles. The number of anilines is 2. The van der Waals surface area contributed by atoms with E-state index in [2.05, 4.69) is 5.16 Å². The Hall–Kier alpha value is -2.04. The molecule has 84 valence electrons. The quantitative estimate of drug-likeness (QED) is 0.844. The molecule has 0 aliphatic carbocycles. The van der Waals surface area contributed by atoms with Crippen molar-refractivity contribution in [3.63, 3.8) is 0 Å². The Balaban J connectivity index is 2.56. The average Bonchev–Trinajstić information content (AvgIpc) is 2.64. The zero-order chi connectivity index (χ0) is 11.7. The third kappa shape index (κ3) is 1.84. The zero-order valence-electron chi connectivity index (χ0n) is 9.07. The first-order valence-corrected chi connectivity index (χ1v) is 4.77. The predicted molar refractivity (Wildman–Crippen MR) is 60.6 cm³/mol. The Kier molecular flexibility index (Phi) is 2.52. The number of nitrogen functional groups attached to an aromatic ring is 1. The van der Waals surface area contributed by atoms with E-state index in [1.807, 2.05) is 19.0 Å². The van der Waals surface area contributed by atoms with E-state index in [0.29, 0.717) is 5.69 Å². The van der Waals surface area contributed by atoms with Crippen LogP contribution in [0.4, 0.5) is 16.0 Å². The maximum absolute atomic E-state index is 13.1. The number of hydrogen-bond donors (Lipinski definition) is 1. The molecule has 2 N–H and O–H groups in total. The van der Waals surface area contributed by atoms with Crippen LogP contribution in [0.25, 0.3) is 11.3 Å². The van der Waals surface area contributed by atoms with Gasteiger partial charge < -0.3 is 15.2 Å². The number of benzene rings is 1. The highest BCUT2D eigenvalue weighted by Gasteiger charge is 2.11. The van der Waals surface area contributed by atoms with E-state index in [4.69, 9.17) is 10.3 Å². The van der Waals surface area contributed by atoms with Crippen molar-refractivity contribution in [2.45, 2.75) is 0 Å². The molecule has 2 rings (SSSR count). The van der Waals surface area contributed by atoms with Crippen LogP contribution in [-0.4, -0.2) is 19.3 Å². The van der Waals surface area contributed by atoms with Crippen molar-refractivity contribution in [2.24, 2.45) is 0 Å². The van der Waals surface area contributed by atoms with Crippen molar-refractivity contribution in [3.8, 4) is 11.3 Å². The van der Waals surface area contributed by atoms with Crippen molar-refractivity contribution in [3.05, 3.63) is 30.1 Å². The highest BCUT2D eigenvalue weighted by molar-refractivity contribution is 5.76. The van der Waals surface area contributed by atoms with E-state index >= 15 is 0 Å². The highest BCUT2D eigenvalue weighted by atomic mass is 19.1. The van der Waals surface area contributed by atoms with Crippen molar-refractivity contribution in [1.29, 1.82) is 0 Å². The van der Waals surface area contributed by atoms with Crippen LogP contribution in [0.15, 0.2) is 28.8 Å². The molecule has 1 aromatic heterocycles. The molecule has 2 aromatic rings. The van der Waals surface area contributed by atoms with E-state index in [9.17, 15) is 4.39 Å². The second-order valence-electron chi connectivity index (χ2n) is 3.67. The minimum atomic E-state index is -0.288. The lowest BCUT2D eigenvalue weighted by Crippen LogP contribution is -2.10. The Labute approximate surface area is 92.4 Å². The molecule has 0 fully saturated rings. The van der Waals surface area contributed by atoms with Crippen LogP contribution < -0.4 is 10.6 Å². The molecule has 16 heavy (non-hydrogen) atoms. The predicted octanol–water partition coefficient (Wildman–Crippen LogP) is 2.13. The SMILES string of the molecule is CN(C)c1cc(F)ccc1-c1cc(N)on1. The summed E-state index contributed by atoms with van der Waals surface area (Å²) in [4.78, 5) is 1.81. The summed E-state index contributed by atoms with van der Waals surface area (Å²) in [6, 6.07) is 6.09. The lowest BCUT2D eigenvalue weighted by molar-refractivity contribution is 0.439. The Morgan fingerprint density at radius 3 is 2.62 bits per heavy atom. The average molecular weight is 221 g/mol. The van der Waals surface area contributed by atoms with Gasteiger partial charge in [0.1, 0.15) is 11.5 Å². The lowest BCUT2D eigenvalue weighted by Gasteiger charge is -2.15. The van der Waals surface area contributed by atoms with Crippen LogP contribution in [0, 0.1) is 5.82 Å². The van der Waals surface area contributed by atoms with Gasteiger partial charge in [-0.2, -0.15) is 0 Å². The molecule has 0 radical (unpaired) electrons. The molecule has 0 atom stereocenters. The van der Waals surface area contributed by atoms with Crippen molar-refractivity contribution in [2.75, 3.05) is 24.7 Å². The number of halogens is 1. The van der Waals surface area contributed by atoms with Gasteiger partial charge in [-0.3, -0.25) is 0 Å². The molecule has 0 saturated heterocycles. The molecule has 5 heteroatoms. The van der Waals surface area contributed by atoms with Gasteiger partial charge in [0, 0.05) is 31.4 Å². The second-order valence-corrected chi connectivity index (χ2v) is 3.67. The minimum Gasteiger partial charge on any atom is -0.377 e. The summed E-state index contributed by atoms with van der Waals surface area (Å²) in [7, 11) is 3.67. The molecule has 4 nitrogen and oxygen atoms in total. The summed E-state index contributed by atoms with van der Waals surface area (Å²) in [6.45, 7) is 0. The molecule has 0 bridgehead atoms. The van der Waals surface area contributed by atoms with E-state index in [1.165, 1.54) is 12.1 Å². The minimum absolute atomic E-state index is 0.240. The molecular formula is C11H12FN3O. The third-order valence-corrected chi connectivity index (χ3v) is 2.25. The molecule has 1 heterocycles. The molecule has 0 unspecified atom stereocenters. The largest absolute Gasteiger partial charge is 0.377 e. The van der Waals surface area contributed by atoms with Crippen LogP contribution in [0.5, 0.6) is 0 Å². The zero-order valence-corrected chi connectivity index (χ0v) is 9.07. The van der Waals surface area contributed by atoms with Crippen molar-refractivity contribution in [1.82, 2.24) is 5.16 Å². The van der Waals surface area contributed by atoms with E-state index in [1.54, 1.807) is 12.1 Å². The Bertz CT molecular complexity index is 508. The first kappa shape index (κ1) is 10.5. The number of nitrogens with two attached hydrogens (primary N) is 1. The van der Waals surface area contributed by atoms with Gasteiger partial charge in [0.05, 0.1) is 0 Å². The maximum atomic E-state index is 13.1. The fraction of sp³-hybridized carbons (Fsp3) is 0.182. The number of aromatic nitrogens is 1. The monoisotopic (exact) mass is 221 g/mol. The normalized spacial score (nSPS) is 10.4. The highest BCUT2D eigenvalue weighted by Crippen LogP contribution is 2.30. The Morgan fingerprint density at radius 1 is 1.31 bits per heavy atom. The number of rotatable bonds is 2. The summed E-state index contributed by atoms with van der Waals surface area (Å²) in [6.07, 6.45) is 0. The fourth-order valence-electron chi connectivity index (χ4n) is 1.51. The number of hydrogen-bond acceptors (Lipinski definition) is 4. The van der Waals surface area contributed by atoms with Crippen LogP contribution in [0.2, 0.25) is 0 Å². The van der Waals surface area contributed by atoms with Gasteiger partial charge in [0.2, 0.25) is 5.88 Å². The topological polar surface area (TPSA) is 55.3 Å². The summed E-state index contributed by atoms with van der Waals surface area (Å²) >= 11 is 0. The van der Waals surface area contributed by atoms with Gasteiger partial charge in [-0.05, 0) is 18.2 Å². The van der Waals surface area contributed by atoms with Gasteiger partial charge >= 0.3 is 0 Å². The van der Waals surface area contributed by atoms with Gasteiger partial charge in [-0.1, -0.05) is 5.16 Å². The van der Waals surface area contributed by atoms with Gasteiger partial charge in [0.15, 0.2) is 0 Å². The third-order valence-electron chi connectivity index (χ3n) is 2.25. The first-order valence-electron chi connectivity index (χ1n) is 4.77. The summed E-state index contributed by atoms with van der Waals surface area (Å²) in [5.41, 5.74) is 7.57. The number of nitrogens with zero attached hydrogens (tertiary/aromatic N) is 2. The molecule has 0 aliphatic rings. The molecule has 0 amide bonds. The summed E-state index contributed by atoms with van der Waals surface area (Å²) in [5, 5.41) is 3.81. The lowest BCUT2D eigenvalue weighted by atomic mass is 10.1. The first-order chi connectivity index (χ1) is 7.58. The van der Waals surface area contributed by atoms with Gasteiger partial charge in [-0.25, -0.2) is 4.39 Å². The van der Waals surface area contributed by atoms with Crippen LogP contribution in [0.3, 0.4) is 0 Å². The summed E-state index contributed by atoms with van der Waals surface area (Å²) in [5.74, 6) is -0.0482. The van der Waals surface area contributed by atoms with Crippen LogP contribution in [0.1, 0.15) is 0 Å². The smallest absolute Gasteiger partial charge is 0.222 e. The standard InChI is InChI=1S/C11H12FN3O/c1-15(2)10-5-7(12)3-4-8(10)9-6-11(13)16-14-9/h3-6H,13H2,1-2H3. The molecular weight excluding hydrogens is 209 g/mol. The van der Waals surface area contributed by atoms with Crippen molar-refractivity contribution >= 4 is 11.6 Å². The van der Waals surface area contributed by atoms with Crippen LogP contribution in [-0.2, 0) is 0 Å². The maximum Gasteiger partial charge on any atom is 0.222 e. The van der Waals surface area contributed by atoms with Crippen molar-refractivity contribution < 1.29 is 8.91 Å². The molecule has 0 spiro atoms. The Morgan fingerprint density at radius 2 is 2.06 bits per heavy atom. The molecule has 0 saturated carbocycles. The van der Waals surface area contributed by atoms with Gasteiger partial charge in [-0.15, -0.1) is 0 Å².